The Morgan fingerprint density at radius 3 is 2.19 bits per heavy atom. The van der Waals surface area contributed by atoms with Crippen LogP contribution in [0.4, 0.5) is 0 Å². The number of ether oxygens (including phenoxy) is 8. The highest BCUT2D eigenvalue weighted by atomic mass is 16.7. The molecule has 0 aliphatic carbocycles. The van der Waals surface area contributed by atoms with Crippen molar-refractivity contribution in [3.05, 3.63) is 11.3 Å². The molecule has 306 valence electrons. The van der Waals surface area contributed by atoms with E-state index in [9.17, 15) is 19.8 Å². The fourth-order valence-corrected chi connectivity index (χ4v) is 9.05. The van der Waals surface area contributed by atoms with Gasteiger partial charge in [-0.25, -0.2) is 0 Å². The predicted molar refractivity (Wildman–Crippen MR) is 197 cm³/mol. The molecule has 0 aromatic rings. The van der Waals surface area contributed by atoms with Crippen molar-refractivity contribution in [2.75, 3.05) is 21.3 Å². The number of aliphatic hydroxyl groups is 2. The molecule has 4 aliphatic heterocycles. The van der Waals surface area contributed by atoms with Crippen LogP contribution in [0.5, 0.6) is 0 Å². The lowest BCUT2D eigenvalue weighted by molar-refractivity contribution is -0.317. The lowest BCUT2D eigenvalue weighted by Crippen LogP contribution is -2.61. The number of fused-ring (bicyclic) bond motifs is 2. The van der Waals surface area contributed by atoms with Crippen LogP contribution >= 0.6 is 0 Å². The van der Waals surface area contributed by atoms with Crippen molar-refractivity contribution in [1.29, 1.82) is 0 Å². The minimum Gasteiger partial charge on any atom is -0.488 e. The van der Waals surface area contributed by atoms with E-state index in [1.54, 1.807) is 34.6 Å². The van der Waals surface area contributed by atoms with Gasteiger partial charge in [0.25, 0.3) is 0 Å². The van der Waals surface area contributed by atoms with Crippen LogP contribution in [0.15, 0.2) is 11.3 Å². The number of carbonyl (C=O) groups excluding carboxylic acids is 2. The van der Waals surface area contributed by atoms with E-state index < -0.39 is 89.7 Å². The van der Waals surface area contributed by atoms with Crippen molar-refractivity contribution in [3.8, 4) is 0 Å². The normalized spacial score (nSPS) is 46.1. The molecule has 2 unspecified atom stereocenters. The zero-order valence-electron chi connectivity index (χ0n) is 34.8. The van der Waals surface area contributed by atoms with Gasteiger partial charge in [0, 0.05) is 45.1 Å². The number of aliphatic hydroxyl groups excluding tert-OH is 2. The number of likely N-dealkylation sites (N-methyl/N-ethyl adjacent to an activating group) is 1. The van der Waals surface area contributed by atoms with Gasteiger partial charge in [-0.2, -0.15) is 0 Å². The lowest BCUT2D eigenvalue weighted by Gasteiger charge is -2.49. The number of nitrogens with zero attached hydrogens (tertiary/aromatic N) is 1. The summed E-state index contributed by atoms with van der Waals surface area (Å²) in [5.74, 6) is -2.59. The molecule has 0 spiro atoms. The fraction of sp³-hybridized carbons (Fsp3) is 0.900. The molecule has 13 nitrogen and oxygen atoms in total. The molecule has 0 aromatic carbocycles. The van der Waals surface area contributed by atoms with Gasteiger partial charge in [-0.15, -0.1) is 0 Å². The summed E-state index contributed by atoms with van der Waals surface area (Å²) in [6, 6.07) is -0.0782. The second-order valence-electron chi connectivity index (χ2n) is 17.1. The third-order valence-corrected chi connectivity index (χ3v) is 12.8. The second-order valence-corrected chi connectivity index (χ2v) is 17.1. The van der Waals surface area contributed by atoms with Crippen molar-refractivity contribution in [2.24, 2.45) is 17.8 Å². The van der Waals surface area contributed by atoms with E-state index in [4.69, 9.17) is 37.9 Å². The van der Waals surface area contributed by atoms with Crippen LogP contribution in [-0.4, -0.2) is 132 Å². The SMILES string of the molecule is CC[C@H]1OC(=O)[C@H](C)[C@@H](OC2C[C@@](C)(OC)[C@@H](O)[C@H](C)O2)[C@H](C)[C@@H](OC2O[C@H](C)C[C@H](N(C)C(C)C)[C@H]2O)[C@@]2(C)CC(C)=C(O2)[C@H](C)C(=O)[C@]1(C)OC. The predicted octanol–water partition coefficient (Wildman–Crippen LogP) is 4.53. The summed E-state index contributed by atoms with van der Waals surface area (Å²) in [6.45, 7) is 22.5. The molecule has 0 radical (unpaired) electrons. The van der Waals surface area contributed by atoms with Crippen molar-refractivity contribution in [2.45, 2.75) is 193 Å². The van der Waals surface area contributed by atoms with Crippen molar-refractivity contribution >= 4 is 11.8 Å². The molecule has 0 aromatic heterocycles. The summed E-state index contributed by atoms with van der Waals surface area (Å²) in [6.07, 6.45) is -5.84. The van der Waals surface area contributed by atoms with E-state index in [0.29, 0.717) is 25.0 Å². The molecule has 4 aliphatic rings. The number of rotatable bonds is 9. The van der Waals surface area contributed by atoms with E-state index in [2.05, 4.69) is 18.7 Å². The monoisotopic (exact) mass is 755 g/mol. The van der Waals surface area contributed by atoms with Gasteiger partial charge in [0.15, 0.2) is 24.0 Å². The van der Waals surface area contributed by atoms with E-state index in [1.807, 2.05) is 41.7 Å². The smallest absolute Gasteiger partial charge is 0.311 e. The van der Waals surface area contributed by atoms with Gasteiger partial charge in [0.2, 0.25) is 0 Å². The van der Waals surface area contributed by atoms with Crippen molar-refractivity contribution < 1.29 is 57.7 Å². The minimum absolute atomic E-state index is 0.164. The van der Waals surface area contributed by atoms with E-state index >= 15 is 0 Å². The molecular weight excluding hydrogens is 686 g/mol. The summed E-state index contributed by atoms with van der Waals surface area (Å²) in [4.78, 5) is 30.8. The average molecular weight is 756 g/mol. The summed E-state index contributed by atoms with van der Waals surface area (Å²) in [5.41, 5.74) is -2.66. The fourth-order valence-electron chi connectivity index (χ4n) is 9.05. The summed E-state index contributed by atoms with van der Waals surface area (Å²) in [7, 11) is 4.97. The number of Topliss-reactive ketones (excluding diaryl/α,β-unsaturated/α-hetero) is 1. The Balaban J connectivity index is 1.86. The third kappa shape index (κ3) is 8.54. The number of ketones is 1. The van der Waals surface area contributed by atoms with Gasteiger partial charge in [0.1, 0.15) is 35.8 Å². The first-order chi connectivity index (χ1) is 24.6. The Bertz CT molecular complexity index is 1330. The molecule has 4 heterocycles. The maximum atomic E-state index is 14.4. The first kappa shape index (κ1) is 44.0. The quantitative estimate of drug-likeness (QED) is 0.318. The first-order valence-corrected chi connectivity index (χ1v) is 19.5. The van der Waals surface area contributed by atoms with Gasteiger partial charge in [-0.05, 0) is 94.7 Å². The van der Waals surface area contributed by atoms with Crippen molar-refractivity contribution in [1.82, 2.24) is 4.90 Å². The lowest BCUT2D eigenvalue weighted by atomic mass is 9.79. The highest BCUT2D eigenvalue weighted by Crippen LogP contribution is 2.47. The van der Waals surface area contributed by atoms with Gasteiger partial charge in [-0.1, -0.05) is 13.8 Å². The standard InChI is InChI=1S/C40H69NO12/c1-16-28-40(12,47-15)33(43)23(6)31-21(4)18-39(11,53-31)35(52-37-30(42)27(17-22(5)48-37)41(13)20(2)3)24(7)32(25(8)36(45)50-28)51-29-19-38(10,46-14)34(44)26(9)49-29/h20,22-30,32,34-35,37,42,44H,16-19H2,1-15H3/t22-,23+,24+,25-,26+,27+,28-,29?,30-,32+,34+,35-,37?,38-,39-,40-/m1/s1. The average Bonchev–Trinajstić information content (AvgIpc) is 3.43. The molecule has 13 heteroatoms. The molecule has 16 atom stereocenters. The van der Waals surface area contributed by atoms with Crippen molar-refractivity contribution in [3.63, 3.8) is 0 Å². The number of hydrogen-bond acceptors (Lipinski definition) is 13. The molecule has 4 rings (SSSR count). The van der Waals surface area contributed by atoms with E-state index in [1.165, 1.54) is 14.2 Å². The topological polar surface area (TPSA) is 152 Å². The Morgan fingerprint density at radius 2 is 1.62 bits per heavy atom. The Kier molecular flexibility index (Phi) is 14.0. The first-order valence-electron chi connectivity index (χ1n) is 19.5. The van der Waals surface area contributed by atoms with Gasteiger partial charge >= 0.3 is 5.97 Å². The molecule has 2 N–H and O–H groups in total. The highest BCUT2D eigenvalue weighted by molar-refractivity contribution is 5.92. The highest BCUT2D eigenvalue weighted by Gasteiger charge is 2.56. The van der Waals surface area contributed by atoms with Crippen LogP contribution in [-0.2, 0) is 47.5 Å². The van der Waals surface area contributed by atoms with Crippen LogP contribution in [0, 0.1) is 17.8 Å². The minimum atomic E-state index is -1.48. The van der Waals surface area contributed by atoms with Crippen LogP contribution in [0.25, 0.3) is 0 Å². The number of cyclic esters (lactones) is 1. The number of methoxy groups -OCH3 is 2. The van der Waals surface area contributed by atoms with E-state index in [-0.39, 0.29) is 30.4 Å². The number of allylic oxidation sites excluding steroid dienone is 1. The van der Waals surface area contributed by atoms with Gasteiger partial charge < -0.3 is 48.1 Å². The molecule has 53 heavy (non-hydrogen) atoms. The molecule has 3 fully saturated rings. The Hall–Kier alpha value is -1.68. The second kappa shape index (κ2) is 16.8. The van der Waals surface area contributed by atoms with Crippen LogP contribution in [0.1, 0.15) is 109 Å². The largest absolute Gasteiger partial charge is 0.488 e. The molecule has 3 saturated heterocycles. The molecule has 0 amide bonds. The number of esters is 1. The maximum Gasteiger partial charge on any atom is 0.311 e. The van der Waals surface area contributed by atoms with E-state index in [0.717, 1.165) is 5.57 Å². The zero-order chi connectivity index (χ0) is 40.0. The maximum absolute atomic E-state index is 14.4. The summed E-state index contributed by atoms with van der Waals surface area (Å²) < 4.78 is 51.1. The molecular formula is C40H69NO12. The van der Waals surface area contributed by atoms with Gasteiger partial charge in [-0.3, -0.25) is 14.5 Å². The Labute approximate surface area is 317 Å². The summed E-state index contributed by atoms with van der Waals surface area (Å²) in [5, 5.41) is 22.8. The summed E-state index contributed by atoms with van der Waals surface area (Å²) >= 11 is 0. The number of hydrogen-bond donors (Lipinski definition) is 2. The zero-order valence-corrected chi connectivity index (χ0v) is 34.8. The van der Waals surface area contributed by atoms with Gasteiger partial charge in [0.05, 0.1) is 35.7 Å². The molecule has 0 saturated carbocycles. The third-order valence-electron chi connectivity index (χ3n) is 12.8. The van der Waals surface area contributed by atoms with Crippen LogP contribution in [0.3, 0.4) is 0 Å². The van der Waals surface area contributed by atoms with Crippen LogP contribution < -0.4 is 0 Å². The number of carbonyl (C=O) groups is 2. The Morgan fingerprint density at radius 1 is 0.981 bits per heavy atom. The molecule has 2 bridgehead atoms. The van der Waals surface area contributed by atoms with Crippen LogP contribution in [0.2, 0.25) is 0 Å².